The van der Waals surface area contributed by atoms with Crippen LogP contribution in [0.2, 0.25) is 10.0 Å². The van der Waals surface area contributed by atoms with Crippen LogP contribution in [0.4, 0.5) is 0 Å². The number of carboxylic acids is 1. The van der Waals surface area contributed by atoms with Gasteiger partial charge in [-0.3, -0.25) is 5.10 Å². The van der Waals surface area contributed by atoms with Gasteiger partial charge in [-0.15, -0.1) is 10.2 Å². The normalized spacial score (nSPS) is 11.1. The zero-order chi connectivity index (χ0) is 13.6. The Bertz CT molecular complexity index is 793. The molecule has 0 amide bonds. The van der Waals surface area contributed by atoms with Crippen molar-refractivity contribution in [2.24, 2.45) is 0 Å². The lowest BCUT2D eigenvalue weighted by Gasteiger charge is -2.00. The number of halogens is 2. The molecule has 8 heteroatoms. The third-order valence-electron chi connectivity index (χ3n) is 2.60. The Hall–Kier alpha value is -2.05. The maximum atomic E-state index is 10.9. The van der Waals surface area contributed by atoms with Gasteiger partial charge in [0.25, 0.3) is 0 Å². The monoisotopic (exact) mass is 296 g/mol. The van der Waals surface area contributed by atoms with E-state index in [2.05, 4.69) is 15.3 Å². The number of aromatic nitrogens is 4. The van der Waals surface area contributed by atoms with Crippen molar-refractivity contribution in [2.45, 2.75) is 0 Å². The molecular weight excluding hydrogens is 291 g/mol. The minimum Gasteiger partial charge on any atom is -0.477 e. The van der Waals surface area contributed by atoms with Crippen LogP contribution in [0.3, 0.4) is 0 Å². The minimum atomic E-state index is -1.06. The van der Waals surface area contributed by atoms with Crippen molar-refractivity contribution in [3.63, 3.8) is 0 Å². The molecule has 0 saturated carbocycles. The van der Waals surface area contributed by atoms with Crippen molar-refractivity contribution < 1.29 is 9.90 Å². The fourth-order valence-corrected chi connectivity index (χ4v) is 2.01. The predicted molar refractivity (Wildman–Crippen MR) is 69.8 cm³/mol. The Kier molecular flexibility index (Phi) is 2.69. The summed E-state index contributed by atoms with van der Waals surface area (Å²) in [4.78, 5) is 10.9. The molecule has 6 nitrogen and oxygen atoms in total. The molecule has 2 heterocycles. The summed E-state index contributed by atoms with van der Waals surface area (Å²) in [7, 11) is 0. The third-order valence-corrected chi connectivity index (χ3v) is 3.34. The van der Waals surface area contributed by atoms with E-state index in [0.29, 0.717) is 27.1 Å². The molecule has 0 atom stereocenters. The maximum absolute atomic E-state index is 10.9. The number of nitrogens with zero attached hydrogens (tertiary/aromatic N) is 3. The second kappa shape index (κ2) is 4.25. The van der Waals surface area contributed by atoms with E-state index in [1.54, 1.807) is 18.2 Å². The topological polar surface area (TPSA) is 83.3 Å². The number of rotatable bonds is 2. The number of aromatic amines is 1. The highest BCUT2D eigenvalue weighted by Crippen LogP contribution is 2.27. The number of hydrogen-bond acceptors (Lipinski definition) is 3. The number of carbonyl (C=O) groups is 1. The van der Waals surface area contributed by atoms with Crippen LogP contribution in [-0.4, -0.2) is 30.9 Å². The lowest BCUT2D eigenvalue weighted by atomic mass is 10.2. The van der Waals surface area contributed by atoms with Crippen molar-refractivity contribution >= 4 is 34.8 Å². The van der Waals surface area contributed by atoms with Gasteiger partial charge in [-0.05, 0) is 18.2 Å². The molecule has 0 aliphatic heterocycles. The predicted octanol–water partition coefficient (Wildman–Crippen LogP) is 2.73. The van der Waals surface area contributed by atoms with Gasteiger partial charge in [0.2, 0.25) is 0 Å². The van der Waals surface area contributed by atoms with E-state index in [4.69, 9.17) is 28.3 Å². The highest BCUT2D eigenvalue weighted by atomic mass is 35.5. The standard InChI is InChI=1S/C11H6Cl2N4O2/c12-6-2-1-5(3-7(6)13)10-15-14-9-4-8(11(18)19)16-17(9)10/h1-4,16H,(H,18,19). The van der Waals surface area contributed by atoms with Gasteiger partial charge in [0.15, 0.2) is 11.5 Å². The molecule has 0 aliphatic carbocycles. The van der Waals surface area contributed by atoms with Gasteiger partial charge in [0.05, 0.1) is 10.0 Å². The van der Waals surface area contributed by atoms with Crippen molar-refractivity contribution in [1.82, 2.24) is 19.8 Å². The zero-order valence-corrected chi connectivity index (χ0v) is 10.8. The number of fused-ring (bicyclic) bond motifs is 1. The number of nitrogens with one attached hydrogen (secondary N) is 1. The van der Waals surface area contributed by atoms with Gasteiger partial charge in [-0.25, -0.2) is 9.31 Å². The summed E-state index contributed by atoms with van der Waals surface area (Å²) >= 11 is 11.8. The molecule has 0 aliphatic rings. The van der Waals surface area contributed by atoms with Gasteiger partial charge >= 0.3 is 5.97 Å². The average molecular weight is 297 g/mol. The van der Waals surface area contributed by atoms with Crippen molar-refractivity contribution in [2.75, 3.05) is 0 Å². The van der Waals surface area contributed by atoms with E-state index in [-0.39, 0.29) is 5.69 Å². The average Bonchev–Trinajstić information content (AvgIpc) is 2.92. The molecule has 3 aromatic rings. The van der Waals surface area contributed by atoms with Crippen LogP contribution in [0.1, 0.15) is 10.5 Å². The zero-order valence-electron chi connectivity index (χ0n) is 9.26. The van der Waals surface area contributed by atoms with Crippen LogP contribution in [-0.2, 0) is 0 Å². The molecular formula is C11H6Cl2N4O2. The molecule has 0 bridgehead atoms. The molecule has 2 aromatic heterocycles. The summed E-state index contributed by atoms with van der Waals surface area (Å²) in [6, 6.07) is 6.41. The summed E-state index contributed by atoms with van der Waals surface area (Å²) in [5, 5.41) is 20.3. The maximum Gasteiger partial charge on any atom is 0.353 e. The first kappa shape index (κ1) is 12.0. The summed E-state index contributed by atoms with van der Waals surface area (Å²) in [6.07, 6.45) is 0. The van der Waals surface area contributed by atoms with Crippen molar-refractivity contribution in [3.05, 3.63) is 40.0 Å². The summed E-state index contributed by atoms with van der Waals surface area (Å²) in [5.74, 6) is -0.605. The fourth-order valence-electron chi connectivity index (χ4n) is 1.71. The molecule has 19 heavy (non-hydrogen) atoms. The molecule has 2 N–H and O–H groups in total. The van der Waals surface area contributed by atoms with Gasteiger partial charge in [-0.1, -0.05) is 23.2 Å². The lowest BCUT2D eigenvalue weighted by molar-refractivity contribution is 0.0690. The second-order valence-corrected chi connectivity index (χ2v) is 4.64. The highest BCUT2D eigenvalue weighted by molar-refractivity contribution is 6.42. The van der Waals surface area contributed by atoms with E-state index in [0.717, 1.165) is 0 Å². The quantitative estimate of drug-likeness (QED) is 0.761. The van der Waals surface area contributed by atoms with E-state index < -0.39 is 5.97 Å². The Morgan fingerprint density at radius 1 is 1.21 bits per heavy atom. The smallest absolute Gasteiger partial charge is 0.353 e. The lowest BCUT2D eigenvalue weighted by Crippen LogP contribution is -1.98. The second-order valence-electron chi connectivity index (χ2n) is 3.82. The Morgan fingerprint density at radius 3 is 2.68 bits per heavy atom. The molecule has 0 spiro atoms. The summed E-state index contributed by atoms with van der Waals surface area (Å²) in [5.41, 5.74) is 1.13. The fraction of sp³-hybridized carbons (Fsp3) is 0. The van der Waals surface area contributed by atoms with Gasteiger partial charge in [0.1, 0.15) is 5.69 Å². The van der Waals surface area contributed by atoms with Crippen LogP contribution >= 0.6 is 23.2 Å². The van der Waals surface area contributed by atoms with E-state index in [9.17, 15) is 4.79 Å². The summed E-state index contributed by atoms with van der Waals surface area (Å²) < 4.78 is 1.48. The Morgan fingerprint density at radius 2 is 2.00 bits per heavy atom. The van der Waals surface area contributed by atoms with E-state index >= 15 is 0 Å². The van der Waals surface area contributed by atoms with Gasteiger partial charge < -0.3 is 5.11 Å². The molecule has 1 aromatic carbocycles. The molecule has 0 radical (unpaired) electrons. The molecule has 96 valence electrons. The largest absolute Gasteiger partial charge is 0.477 e. The van der Waals surface area contributed by atoms with Gasteiger partial charge in [0, 0.05) is 11.6 Å². The van der Waals surface area contributed by atoms with E-state index in [1.807, 2.05) is 0 Å². The number of carboxylic acid groups (broad SMARTS) is 1. The first-order chi connectivity index (χ1) is 9.06. The highest BCUT2D eigenvalue weighted by Gasteiger charge is 2.14. The molecule has 0 unspecified atom stereocenters. The third kappa shape index (κ3) is 1.94. The number of aromatic carboxylic acids is 1. The first-order valence-corrected chi connectivity index (χ1v) is 5.95. The number of H-pyrrole nitrogens is 1. The van der Waals surface area contributed by atoms with Crippen molar-refractivity contribution in [3.8, 4) is 11.4 Å². The van der Waals surface area contributed by atoms with Crippen LogP contribution in [0, 0.1) is 0 Å². The Balaban J connectivity index is 2.18. The van der Waals surface area contributed by atoms with Crippen LogP contribution in [0.5, 0.6) is 0 Å². The molecule has 0 fully saturated rings. The molecule has 3 rings (SSSR count). The molecule has 0 saturated heterocycles. The summed E-state index contributed by atoms with van der Waals surface area (Å²) in [6.45, 7) is 0. The van der Waals surface area contributed by atoms with Crippen LogP contribution < -0.4 is 0 Å². The number of benzene rings is 1. The van der Waals surface area contributed by atoms with Gasteiger partial charge in [-0.2, -0.15) is 0 Å². The van der Waals surface area contributed by atoms with E-state index in [1.165, 1.54) is 10.6 Å². The Labute approximate surface area is 116 Å². The van der Waals surface area contributed by atoms with Crippen LogP contribution in [0.25, 0.3) is 17.0 Å². The van der Waals surface area contributed by atoms with Crippen molar-refractivity contribution in [1.29, 1.82) is 0 Å². The minimum absolute atomic E-state index is 0.0335. The SMILES string of the molecule is O=C(O)c1cc2nnc(-c3ccc(Cl)c(Cl)c3)n2[nH]1. The number of hydrogen-bond donors (Lipinski definition) is 2. The van der Waals surface area contributed by atoms with Crippen LogP contribution in [0.15, 0.2) is 24.3 Å². The first-order valence-electron chi connectivity index (χ1n) is 5.19.